The number of halogens is 1. The molecule has 1 atom stereocenters. The van der Waals surface area contributed by atoms with Crippen LogP contribution in [0.15, 0.2) is 38.3 Å². The number of aryl methyl sites for hydroxylation is 1. The van der Waals surface area contributed by atoms with E-state index in [0.717, 1.165) is 14.9 Å². The molecule has 0 aliphatic carbocycles. The highest BCUT2D eigenvalue weighted by Gasteiger charge is 2.21. The Morgan fingerprint density at radius 3 is 2.43 bits per heavy atom. The van der Waals surface area contributed by atoms with Crippen molar-refractivity contribution in [2.45, 2.75) is 24.1 Å². The van der Waals surface area contributed by atoms with Crippen molar-refractivity contribution < 1.29 is 8.42 Å². The molecule has 0 saturated heterocycles. The molecule has 0 amide bonds. The molecule has 110 valence electrons. The molecule has 1 aromatic carbocycles. The van der Waals surface area contributed by atoms with Gasteiger partial charge in [-0.1, -0.05) is 12.1 Å². The van der Waals surface area contributed by atoms with Crippen LogP contribution in [0.1, 0.15) is 29.7 Å². The van der Waals surface area contributed by atoms with Gasteiger partial charge in [-0.25, -0.2) is 13.1 Å². The lowest BCUT2D eigenvalue weighted by Crippen LogP contribution is -2.26. The number of thiophene rings is 1. The van der Waals surface area contributed by atoms with E-state index in [-0.39, 0.29) is 10.3 Å². The fourth-order valence-corrected chi connectivity index (χ4v) is 5.24. The lowest BCUT2D eigenvalue weighted by atomic mass is 10.1. The third kappa shape index (κ3) is 3.71. The summed E-state index contributed by atoms with van der Waals surface area (Å²) < 4.78 is 28.4. The zero-order valence-electron chi connectivity index (χ0n) is 11.4. The van der Waals surface area contributed by atoms with Gasteiger partial charge in [-0.05, 0) is 59.1 Å². The molecule has 2 rings (SSSR count). The molecule has 1 heterocycles. The van der Waals surface area contributed by atoms with Crippen molar-refractivity contribution in [2.75, 3.05) is 0 Å². The minimum Gasteiger partial charge on any atom is -0.206 e. The molecule has 1 N–H and O–H groups in total. The number of nitrogens with one attached hydrogen (secondary N) is 1. The molecule has 4 nitrogen and oxygen atoms in total. The second-order valence-corrected chi connectivity index (χ2v) is 8.91. The zero-order chi connectivity index (χ0) is 15.6. The molecule has 0 aliphatic heterocycles. The normalized spacial score (nSPS) is 12.9. The van der Waals surface area contributed by atoms with E-state index in [0.29, 0.717) is 5.56 Å². The zero-order valence-corrected chi connectivity index (χ0v) is 14.6. The topological polar surface area (TPSA) is 70.0 Å². The maximum absolute atomic E-state index is 12.3. The SMILES string of the molecule is Cc1cc(S(=O)(=O)NC(C)c2ccc(C#N)cc2)sc1Br. The number of benzene rings is 1. The summed E-state index contributed by atoms with van der Waals surface area (Å²) in [4.78, 5) is 0. The Hall–Kier alpha value is -1.20. The molecular formula is C14H13BrN2O2S2. The van der Waals surface area contributed by atoms with Crippen LogP contribution in [0.2, 0.25) is 0 Å². The Labute approximate surface area is 136 Å². The summed E-state index contributed by atoms with van der Waals surface area (Å²) in [5.74, 6) is 0. The van der Waals surface area contributed by atoms with Crippen molar-refractivity contribution in [1.82, 2.24) is 4.72 Å². The summed E-state index contributed by atoms with van der Waals surface area (Å²) in [5.41, 5.74) is 2.25. The number of rotatable bonds is 4. The van der Waals surface area contributed by atoms with E-state index in [1.165, 1.54) is 11.3 Å². The summed E-state index contributed by atoms with van der Waals surface area (Å²) in [7, 11) is -3.55. The Kier molecular flexibility index (Phi) is 4.84. The summed E-state index contributed by atoms with van der Waals surface area (Å²) in [5, 5.41) is 8.77. The van der Waals surface area contributed by atoms with Crippen LogP contribution in [0.5, 0.6) is 0 Å². The van der Waals surface area contributed by atoms with E-state index < -0.39 is 10.0 Å². The molecule has 0 fully saturated rings. The maximum Gasteiger partial charge on any atom is 0.250 e. The number of hydrogen-bond acceptors (Lipinski definition) is 4. The Bertz CT molecular complexity index is 770. The molecule has 1 aromatic heterocycles. The average Bonchev–Trinajstić information content (AvgIpc) is 2.79. The quantitative estimate of drug-likeness (QED) is 0.872. The molecule has 0 saturated carbocycles. The fraction of sp³-hybridized carbons (Fsp3) is 0.214. The van der Waals surface area contributed by atoms with Gasteiger partial charge in [0.05, 0.1) is 15.4 Å². The maximum atomic E-state index is 12.3. The number of sulfonamides is 1. The van der Waals surface area contributed by atoms with Gasteiger partial charge in [-0.2, -0.15) is 5.26 Å². The highest BCUT2D eigenvalue weighted by molar-refractivity contribution is 9.11. The van der Waals surface area contributed by atoms with E-state index in [4.69, 9.17) is 5.26 Å². The van der Waals surface area contributed by atoms with E-state index in [2.05, 4.69) is 20.7 Å². The second-order valence-electron chi connectivity index (χ2n) is 4.60. The monoisotopic (exact) mass is 384 g/mol. The third-order valence-corrected chi connectivity index (χ3v) is 7.12. The van der Waals surface area contributed by atoms with E-state index in [9.17, 15) is 8.42 Å². The van der Waals surface area contributed by atoms with Gasteiger partial charge in [0.2, 0.25) is 0 Å². The van der Waals surface area contributed by atoms with Gasteiger partial charge in [0.1, 0.15) is 4.21 Å². The first-order valence-electron chi connectivity index (χ1n) is 6.12. The lowest BCUT2D eigenvalue weighted by Gasteiger charge is -2.13. The standard InChI is InChI=1S/C14H13BrN2O2S2/c1-9-7-13(20-14(9)15)21(18,19)17-10(2)12-5-3-11(8-16)4-6-12/h3-7,10,17H,1-2H3. The number of nitriles is 1. The van der Waals surface area contributed by atoms with Gasteiger partial charge in [0, 0.05) is 6.04 Å². The smallest absolute Gasteiger partial charge is 0.206 e. The molecule has 0 spiro atoms. The first kappa shape index (κ1) is 16.2. The van der Waals surface area contributed by atoms with Crippen LogP contribution in [0.25, 0.3) is 0 Å². The Morgan fingerprint density at radius 1 is 1.33 bits per heavy atom. The van der Waals surface area contributed by atoms with Crippen molar-refractivity contribution in [3.05, 3.63) is 50.8 Å². The van der Waals surface area contributed by atoms with Crippen LogP contribution in [-0.2, 0) is 10.0 Å². The van der Waals surface area contributed by atoms with E-state index in [1.807, 2.05) is 13.0 Å². The molecular weight excluding hydrogens is 372 g/mol. The first-order chi connectivity index (χ1) is 9.83. The van der Waals surface area contributed by atoms with Gasteiger partial charge >= 0.3 is 0 Å². The summed E-state index contributed by atoms with van der Waals surface area (Å²) in [6.45, 7) is 3.62. The van der Waals surface area contributed by atoms with Gasteiger partial charge < -0.3 is 0 Å². The van der Waals surface area contributed by atoms with Crippen LogP contribution < -0.4 is 4.72 Å². The van der Waals surface area contributed by atoms with Crippen molar-refractivity contribution >= 4 is 37.3 Å². The molecule has 1 unspecified atom stereocenters. The summed E-state index contributed by atoms with van der Waals surface area (Å²) in [6.07, 6.45) is 0. The highest BCUT2D eigenvalue weighted by Crippen LogP contribution is 2.31. The largest absolute Gasteiger partial charge is 0.250 e. The van der Waals surface area contributed by atoms with Gasteiger partial charge in [0.15, 0.2) is 0 Å². The van der Waals surface area contributed by atoms with Crippen LogP contribution >= 0.6 is 27.3 Å². The molecule has 0 radical (unpaired) electrons. The van der Waals surface area contributed by atoms with Gasteiger partial charge in [0.25, 0.3) is 10.0 Å². The molecule has 0 bridgehead atoms. The van der Waals surface area contributed by atoms with Crippen molar-refractivity contribution in [1.29, 1.82) is 5.26 Å². The minimum atomic E-state index is -3.55. The fourth-order valence-electron chi connectivity index (χ4n) is 1.77. The predicted octanol–water partition coefficient (Wildman–Crippen LogP) is 3.73. The van der Waals surface area contributed by atoms with Crippen LogP contribution in [0.4, 0.5) is 0 Å². The summed E-state index contributed by atoms with van der Waals surface area (Å²) >= 11 is 4.52. The minimum absolute atomic E-state index is 0.285. The average molecular weight is 385 g/mol. The molecule has 2 aromatic rings. The van der Waals surface area contributed by atoms with Gasteiger partial charge in [-0.3, -0.25) is 0 Å². The lowest BCUT2D eigenvalue weighted by molar-refractivity contribution is 0.569. The van der Waals surface area contributed by atoms with Crippen molar-refractivity contribution in [3.8, 4) is 6.07 Å². The van der Waals surface area contributed by atoms with Crippen molar-refractivity contribution in [2.24, 2.45) is 0 Å². The molecule has 21 heavy (non-hydrogen) atoms. The van der Waals surface area contributed by atoms with E-state index in [1.54, 1.807) is 37.3 Å². The van der Waals surface area contributed by atoms with E-state index >= 15 is 0 Å². The van der Waals surface area contributed by atoms with Crippen LogP contribution in [0.3, 0.4) is 0 Å². The Morgan fingerprint density at radius 2 is 1.95 bits per heavy atom. The van der Waals surface area contributed by atoms with Crippen molar-refractivity contribution in [3.63, 3.8) is 0 Å². The second kappa shape index (κ2) is 6.28. The predicted molar refractivity (Wildman–Crippen MR) is 86.6 cm³/mol. The summed E-state index contributed by atoms with van der Waals surface area (Å²) in [6, 6.07) is 10.2. The number of nitrogens with zero attached hydrogens (tertiary/aromatic N) is 1. The first-order valence-corrected chi connectivity index (χ1v) is 9.21. The molecule has 7 heteroatoms. The van der Waals surface area contributed by atoms with Crippen LogP contribution in [0, 0.1) is 18.3 Å². The number of hydrogen-bond donors (Lipinski definition) is 1. The highest BCUT2D eigenvalue weighted by atomic mass is 79.9. The third-order valence-electron chi connectivity index (χ3n) is 2.97. The molecule has 0 aliphatic rings. The van der Waals surface area contributed by atoms with Gasteiger partial charge in [-0.15, -0.1) is 11.3 Å². The Balaban J connectivity index is 2.21. The van der Waals surface area contributed by atoms with Crippen LogP contribution in [-0.4, -0.2) is 8.42 Å².